The first-order valence-corrected chi connectivity index (χ1v) is 11.6. The van der Waals surface area contributed by atoms with Gasteiger partial charge in [0.05, 0.1) is 26.4 Å². The lowest BCUT2D eigenvalue weighted by atomic mass is 10.0. The number of unbranched alkanes of at least 4 members (excludes halogenated alkanes) is 15. The molecule has 4 nitrogen and oxygen atoms in total. The third-order valence-corrected chi connectivity index (χ3v) is 4.67. The largest absolute Gasteiger partial charge is 0.394 e. The molecule has 0 aromatic heterocycles. The highest BCUT2D eigenvalue weighted by Crippen LogP contribution is 2.13. The van der Waals surface area contributed by atoms with E-state index in [1.807, 2.05) is 0 Å². The molecule has 0 saturated heterocycles. The third kappa shape index (κ3) is 33.8. The van der Waals surface area contributed by atoms with E-state index in [9.17, 15) is 0 Å². The number of aliphatic hydroxyl groups excluding tert-OH is 2. The first-order valence-electron chi connectivity index (χ1n) is 11.6. The molecular weight excluding hydrogens is 340 g/mol. The second kappa shape index (κ2) is 30.6. The van der Waals surface area contributed by atoms with Gasteiger partial charge in [0.25, 0.3) is 0 Å². The monoisotopic (exact) mass is 390 g/mol. The fraction of sp³-hybridized carbons (Fsp3) is 1.00. The maximum Gasteiger partial charge on any atom is 0.0698 e. The molecule has 0 amide bonds. The first kappa shape index (κ1) is 29.0. The summed E-state index contributed by atoms with van der Waals surface area (Å²) in [5.74, 6) is 0. The molecule has 0 spiro atoms. The van der Waals surface area contributed by atoms with Crippen molar-refractivity contribution in [1.29, 1.82) is 0 Å². The Kier molecular flexibility index (Phi) is 32.9. The molecule has 0 saturated carbocycles. The topological polar surface area (TPSA) is 58.9 Å². The van der Waals surface area contributed by atoms with Crippen molar-refractivity contribution in [3.63, 3.8) is 0 Å². The average molecular weight is 391 g/mol. The molecule has 2 N–H and O–H groups in total. The van der Waals surface area contributed by atoms with Crippen LogP contribution in [0.2, 0.25) is 0 Å². The summed E-state index contributed by atoms with van der Waals surface area (Å²) in [7, 11) is 1.80. The number of rotatable bonds is 21. The molecule has 0 heterocycles. The lowest BCUT2D eigenvalue weighted by Gasteiger charge is -2.03. The predicted octanol–water partition coefficient (Wildman–Crippen LogP) is 5.88. The number of methoxy groups -OCH3 is 1. The Balaban J connectivity index is 0. The van der Waals surface area contributed by atoms with Gasteiger partial charge in [0, 0.05) is 13.7 Å². The van der Waals surface area contributed by atoms with Gasteiger partial charge < -0.3 is 19.7 Å². The lowest BCUT2D eigenvalue weighted by Crippen LogP contribution is -2.03. The molecule has 0 bridgehead atoms. The van der Waals surface area contributed by atoms with Crippen LogP contribution in [-0.2, 0) is 9.47 Å². The molecule has 0 unspecified atom stereocenters. The average Bonchev–Trinajstić information content (AvgIpc) is 2.68. The molecule has 27 heavy (non-hydrogen) atoms. The van der Waals surface area contributed by atoms with E-state index in [-0.39, 0.29) is 13.2 Å². The van der Waals surface area contributed by atoms with Gasteiger partial charge >= 0.3 is 0 Å². The van der Waals surface area contributed by atoms with Crippen molar-refractivity contribution in [3.05, 3.63) is 0 Å². The summed E-state index contributed by atoms with van der Waals surface area (Å²) in [6, 6.07) is 0. The molecule has 0 fully saturated rings. The van der Waals surface area contributed by atoms with Crippen LogP contribution in [-0.4, -0.2) is 50.4 Å². The van der Waals surface area contributed by atoms with E-state index >= 15 is 0 Å². The normalized spacial score (nSPS) is 10.7. The third-order valence-electron chi connectivity index (χ3n) is 4.67. The van der Waals surface area contributed by atoms with E-state index in [0.717, 1.165) is 6.61 Å². The van der Waals surface area contributed by atoms with Crippen molar-refractivity contribution >= 4 is 0 Å². The summed E-state index contributed by atoms with van der Waals surface area (Å²) in [5, 5.41) is 16.2. The Labute approximate surface area is 170 Å². The summed E-state index contributed by atoms with van der Waals surface area (Å²) in [4.78, 5) is 0. The van der Waals surface area contributed by atoms with Crippen LogP contribution in [0.25, 0.3) is 0 Å². The summed E-state index contributed by atoms with van der Waals surface area (Å²) in [6.45, 7) is 3.93. The Morgan fingerprint density at radius 1 is 0.481 bits per heavy atom. The van der Waals surface area contributed by atoms with Crippen LogP contribution < -0.4 is 0 Å². The van der Waals surface area contributed by atoms with Gasteiger partial charge in [0.1, 0.15) is 0 Å². The van der Waals surface area contributed by atoms with Crippen molar-refractivity contribution < 1.29 is 19.7 Å². The minimum atomic E-state index is 0.0278. The Morgan fingerprint density at radius 2 is 0.815 bits per heavy atom. The zero-order chi connectivity index (χ0) is 20.3. The fourth-order valence-corrected chi connectivity index (χ4v) is 3.03. The maximum absolute atomic E-state index is 8.09. The summed E-state index contributed by atoms with van der Waals surface area (Å²) in [6.07, 6.45) is 22.9. The minimum absolute atomic E-state index is 0.0278. The predicted molar refractivity (Wildman–Crippen MR) is 116 cm³/mol. The highest BCUT2D eigenvalue weighted by atomic mass is 16.5. The highest BCUT2D eigenvalue weighted by Gasteiger charge is 1.94. The first-order chi connectivity index (χ1) is 13.3. The van der Waals surface area contributed by atoms with Crippen LogP contribution in [0.4, 0.5) is 0 Å². The van der Waals surface area contributed by atoms with Gasteiger partial charge in [-0.2, -0.15) is 0 Å². The molecule has 166 valence electrons. The maximum atomic E-state index is 8.09. The summed E-state index contributed by atoms with van der Waals surface area (Å²) >= 11 is 0. The van der Waals surface area contributed by atoms with Gasteiger partial charge in [0.2, 0.25) is 0 Å². The second-order valence-corrected chi connectivity index (χ2v) is 7.36. The molecule has 0 aromatic carbocycles. The van der Waals surface area contributed by atoms with E-state index in [1.165, 1.54) is 103 Å². The number of ether oxygens (including phenoxy) is 2. The van der Waals surface area contributed by atoms with Crippen LogP contribution >= 0.6 is 0 Å². The van der Waals surface area contributed by atoms with Gasteiger partial charge in [-0.15, -0.1) is 0 Å². The molecule has 0 aliphatic heterocycles. The molecule has 0 aromatic rings. The highest BCUT2D eigenvalue weighted by molar-refractivity contribution is 4.49. The zero-order valence-electron chi connectivity index (χ0n) is 18.6. The number of hydrogen-bond acceptors (Lipinski definition) is 4. The Hall–Kier alpha value is -0.160. The zero-order valence-corrected chi connectivity index (χ0v) is 18.6. The van der Waals surface area contributed by atoms with E-state index in [2.05, 4.69) is 11.7 Å². The number of hydrogen-bond donors (Lipinski definition) is 2. The van der Waals surface area contributed by atoms with E-state index in [0.29, 0.717) is 13.2 Å². The molecule has 0 aliphatic rings. The van der Waals surface area contributed by atoms with Crippen LogP contribution in [0.5, 0.6) is 0 Å². The molecule has 0 radical (unpaired) electrons. The SMILES string of the molecule is CCCCCCCCCCCCCCCCCCOC.OCCOCCO. The van der Waals surface area contributed by atoms with Gasteiger partial charge in [0.15, 0.2) is 0 Å². The number of aliphatic hydroxyl groups is 2. The molecule has 0 aliphatic carbocycles. The van der Waals surface area contributed by atoms with Crippen LogP contribution in [0.1, 0.15) is 110 Å². The van der Waals surface area contributed by atoms with Crippen LogP contribution in [0, 0.1) is 0 Å². The van der Waals surface area contributed by atoms with Crippen LogP contribution in [0.15, 0.2) is 0 Å². The van der Waals surface area contributed by atoms with Gasteiger partial charge in [-0.1, -0.05) is 103 Å². The second-order valence-electron chi connectivity index (χ2n) is 7.36. The molecular formula is C23H50O4. The van der Waals surface area contributed by atoms with Crippen molar-refractivity contribution in [3.8, 4) is 0 Å². The van der Waals surface area contributed by atoms with Crippen molar-refractivity contribution in [2.24, 2.45) is 0 Å². The lowest BCUT2D eigenvalue weighted by molar-refractivity contribution is 0.0650. The smallest absolute Gasteiger partial charge is 0.0698 e. The summed E-state index contributed by atoms with van der Waals surface area (Å²) < 4.78 is 9.69. The minimum Gasteiger partial charge on any atom is -0.394 e. The van der Waals surface area contributed by atoms with Gasteiger partial charge in [-0.05, 0) is 6.42 Å². The quantitative estimate of drug-likeness (QED) is 0.240. The van der Waals surface area contributed by atoms with Crippen molar-refractivity contribution in [2.45, 2.75) is 110 Å². The Morgan fingerprint density at radius 3 is 1.11 bits per heavy atom. The molecule has 4 heteroatoms. The van der Waals surface area contributed by atoms with E-state index in [1.54, 1.807) is 7.11 Å². The van der Waals surface area contributed by atoms with Crippen LogP contribution in [0.3, 0.4) is 0 Å². The van der Waals surface area contributed by atoms with Gasteiger partial charge in [-0.25, -0.2) is 0 Å². The fourth-order valence-electron chi connectivity index (χ4n) is 3.03. The van der Waals surface area contributed by atoms with E-state index < -0.39 is 0 Å². The Bertz CT molecular complexity index is 202. The molecule has 0 rings (SSSR count). The standard InChI is InChI=1S/C19H40O.C4H10O3/c1-3-4-5-6-7-8-9-10-11-12-13-14-15-16-17-18-19-20-2;5-1-3-7-4-2-6/h3-19H2,1-2H3;5-6H,1-4H2. The van der Waals surface area contributed by atoms with Crippen molar-refractivity contribution in [1.82, 2.24) is 0 Å². The summed E-state index contributed by atoms with van der Waals surface area (Å²) in [5.41, 5.74) is 0. The van der Waals surface area contributed by atoms with E-state index in [4.69, 9.17) is 14.9 Å². The van der Waals surface area contributed by atoms with Crippen molar-refractivity contribution in [2.75, 3.05) is 40.1 Å². The van der Waals surface area contributed by atoms with Gasteiger partial charge in [-0.3, -0.25) is 0 Å². The molecule has 0 atom stereocenters.